The minimum Gasteiger partial charge on any atom is -0.367 e. The van der Waals surface area contributed by atoms with Gasteiger partial charge in [0.15, 0.2) is 5.82 Å². The number of pyridine rings is 1. The molecule has 0 radical (unpaired) electrons. The summed E-state index contributed by atoms with van der Waals surface area (Å²) in [6.45, 7) is 12.9. The lowest BCUT2D eigenvalue weighted by molar-refractivity contribution is 0.186. The fourth-order valence-corrected chi connectivity index (χ4v) is 5.07. The predicted molar refractivity (Wildman–Crippen MR) is 144 cm³/mol. The highest BCUT2D eigenvalue weighted by molar-refractivity contribution is 5.81. The van der Waals surface area contributed by atoms with Crippen LogP contribution in [-0.4, -0.2) is 56.3 Å². The number of aryl methyl sites for hydroxylation is 2. The molecule has 0 aliphatic carbocycles. The van der Waals surface area contributed by atoms with Crippen LogP contribution in [0.1, 0.15) is 55.7 Å². The molecule has 0 unspecified atom stereocenters. The van der Waals surface area contributed by atoms with E-state index in [-0.39, 0.29) is 16.9 Å². The third-order valence-electron chi connectivity index (χ3n) is 7.83. The van der Waals surface area contributed by atoms with Gasteiger partial charge in [0.1, 0.15) is 11.9 Å². The molecule has 2 aromatic heterocycles. The molecule has 1 aliphatic rings. The Kier molecular flexibility index (Phi) is 6.58. The van der Waals surface area contributed by atoms with E-state index in [2.05, 4.69) is 64.1 Å². The van der Waals surface area contributed by atoms with Crippen LogP contribution >= 0.6 is 0 Å². The van der Waals surface area contributed by atoms with Crippen molar-refractivity contribution >= 4 is 16.6 Å². The summed E-state index contributed by atoms with van der Waals surface area (Å²) < 4.78 is 16.3. The Morgan fingerprint density at radius 1 is 1.05 bits per heavy atom. The second-order valence-electron chi connectivity index (χ2n) is 10.6. The fourth-order valence-electron chi connectivity index (χ4n) is 5.07. The molecule has 0 bridgehead atoms. The minimum atomic E-state index is -0.446. The van der Waals surface area contributed by atoms with Crippen molar-refractivity contribution in [3.8, 4) is 0 Å². The maximum Gasteiger partial charge on any atom is 0.253 e. The van der Waals surface area contributed by atoms with Gasteiger partial charge < -0.3 is 9.88 Å². The van der Waals surface area contributed by atoms with Crippen molar-refractivity contribution in [3.63, 3.8) is 0 Å². The number of aromatic nitrogens is 5. The van der Waals surface area contributed by atoms with Crippen LogP contribution < -0.4 is 10.5 Å². The summed E-state index contributed by atoms with van der Waals surface area (Å²) in [5, 5.41) is 13.8. The van der Waals surface area contributed by atoms with E-state index in [1.807, 2.05) is 35.9 Å². The van der Waals surface area contributed by atoms with Gasteiger partial charge >= 0.3 is 0 Å². The highest BCUT2D eigenvalue weighted by Gasteiger charge is 2.36. The predicted octanol–water partition coefficient (Wildman–Crippen LogP) is 4.33. The first-order valence-electron chi connectivity index (χ1n) is 12.9. The Morgan fingerprint density at radius 2 is 1.76 bits per heavy atom. The van der Waals surface area contributed by atoms with E-state index in [1.54, 1.807) is 6.07 Å². The molecule has 0 saturated carbocycles. The third-order valence-corrected chi connectivity index (χ3v) is 7.83. The third kappa shape index (κ3) is 4.64. The Hall–Kier alpha value is -3.59. The number of para-hydroxylation sites is 1. The van der Waals surface area contributed by atoms with E-state index in [0.29, 0.717) is 43.3 Å². The van der Waals surface area contributed by atoms with Crippen LogP contribution in [0.15, 0.2) is 47.3 Å². The number of rotatable bonds is 6. The molecule has 1 fully saturated rings. The Morgan fingerprint density at radius 3 is 2.46 bits per heavy atom. The van der Waals surface area contributed by atoms with Crippen LogP contribution in [0.2, 0.25) is 0 Å². The van der Waals surface area contributed by atoms with Gasteiger partial charge in [0.2, 0.25) is 0 Å². The first-order valence-corrected chi connectivity index (χ1v) is 12.9. The van der Waals surface area contributed by atoms with E-state index in [1.165, 1.54) is 6.07 Å². The molecule has 5 rings (SSSR count). The largest absolute Gasteiger partial charge is 0.367 e. The number of piperazine rings is 1. The number of halogens is 1. The van der Waals surface area contributed by atoms with Crippen LogP contribution in [0.5, 0.6) is 0 Å². The van der Waals surface area contributed by atoms with Crippen molar-refractivity contribution in [2.24, 2.45) is 0 Å². The lowest BCUT2D eigenvalue weighted by Gasteiger charge is -2.40. The number of hydrogen-bond acceptors (Lipinski definition) is 6. The molecule has 9 heteroatoms. The molecule has 0 spiro atoms. The zero-order chi connectivity index (χ0) is 26.3. The molecular weight excluding hydrogens is 469 g/mol. The van der Waals surface area contributed by atoms with Gasteiger partial charge in [0.05, 0.1) is 11.2 Å². The Labute approximate surface area is 216 Å². The number of aromatic amines is 1. The second kappa shape index (κ2) is 9.70. The lowest BCUT2D eigenvalue weighted by Crippen LogP contribution is -2.49. The molecule has 194 valence electrons. The first kappa shape index (κ1) is 25.1. The maximum absolute atomic E-state index is 14.5. The molecule has 2 aromatic carbocycles. The van der Waals surface area contributed by atoms with Crippen LogP contribution in [0.3, 0.4) is 0 Å². The van der Waals surface area contributed by atoms with Gasteiger partial charge in [0, 0.05) is 37.3 Å². The zero-order valence-electron chi connectivity index (χ0n) is 22.1. The molecule has 8 nitrogen and oxygen atoms in total. The molecule has 0 amide bonds. The summed E-state index contributed by atoms with van der Waals surface area (Å²) in [6, 6.07) is 12.5. The molecule has 4 aromatic rings. The standard InChI is InChI=1S/C28H34FN7O/c1-6-28(4,5)36-26(31-32-33-36)25(21-17-20-15-18(2)19(3)16-23(20)30-27(21)37)35-13-11-34(12-14-35)24-10-8-7-9-22(24)29/h7-10,15-17,25H,6,11-14H2,1-5H3,(H,30,37)/t25-/m0/s1. The van der Waals surface area contributed by atoms with Crippen LogP contribution in [-0.2, 0) is 5.54 Å². The summed E-state index contributed by atoms with van der Waals surface area (Å²) in [5.41, 5.74) is 3.84. The second-order valence-corrected chi connectivity index (χ2v) is 10.6. The van der Waals surface area contributed by atoms with Gasteiger partial charge in [-0.2, -0.15) is 0 Å². The van der Waals surface area contributed by atoms with Crippen LogP contribution in [0, 0.1) is 19.7 Å². The normalized spacial score (nSPS) is 15.9. The van der Waals surface area contributed by atoms with Crippen molar-refractivity contribution in [2.75, 3.05) is 31.1 Å². The molecule has 1 atom stereocenters. The highest BCUT2D eigenvalue weighted by atomic mass is 19.1. The molecule has 1 aliphatic heterocycles. The van der Waals surface area contributed by atoms with Gasteiger partial charge in [-0.25, -0.2) is 9.07 Å². The van der Waals surface area contributed by atoms with Crippen LogP contribution in [0.4, 0.5) is 10.1 Å². The number of hydrogen-bond donors (Lipinski definition) is 1. The summed E-state index contributed by atoms with van der Waals surface area (Å²) in [4.78, 5) is 20.9. The molecular formula is C28H34FN7O. The quantitative estimate of drug-likeness (QED) is 0.422. The van der Waals surface area contributed by atoms with Gasteiger partial charge in [-0.05, 0) is 91.4 Å². The number of benzene rings is 2. The number of nitrogens with zero attached hydrogens (tertiary/aromatic N) is 6. The van der Waals surface area contributed by atoms with Crippen LogP contribution in [0.25, 0.3) is 10.9 Å². The van der Waals surface area contributed by atoms with E-state index >= 15 is 0 Å². The van der Waals surface area contributed by atoms with E-state index < -0.39 is 6.04 Å². The first-order chi connectivity index (χ1) is 17.7. The summed E-state index contributed by atoms with van der Waals surface area (Å²) in [7, 11) is 0. The van der Waals surface area contributed by atoms with Crippen molar-refractivity contribution in [2.45, 2.75) is 52.6 Å². The van der Waals surface area contributed by atoms with E-state index in [9.17, 15) is 9.18 Å². The number of anilines is 1. The summed E-state index contributed by atoms with van der Waals surface area (Å²) >= 11 is 0. The Bertz CT molecular complexity index is 1480. The lowest BCUT2D eigenvalue weighted by atomic mass is 9.98. The minimum absolute atomic E-state index is 0.152. The van der Waals surface area contributed by atoms with E-state index in [4.69, 9.17) is 0 Å². The van der Waals surface area contributed by atoms with Gasteiger partial charge in [-0.15, -0.1) is 5.10 Å². The summed E-state index contributed by atoms with van der Waals surface area (Å²) in [5.74, 6) is 0.414. The smallest absolute Gasteiger partial charge is 0.253 e. The fraction of sp³-hybridized carbons (Fsp3) is 0.429. The van der Waals surface area contributed by atoms with Crippen molar-refractivity contribution < 1.29 is 4.39 Å². The van der Waals surface area contributed by atoms with Crippen molar-refractivity contribution in [1.82, 2.24) is 30.1 Å². The SMILES string of the molecule is CCC(C)(C)n1nnnc1[C@H](c1cc2cc(C)c(C)cc2[nH]c1=O)N1CCN(c2ccccc2F)CC1. The Balaban J connectivity index is 1.59. The zero-order valence-corrected chi connectivity index (χ0v) is 22.1. The number of nitrogens with one attached hydrogen (secondary N) is 1. The topological polar surface area (TPSA) is 82.9 Å². The molecule has 1 saturated heterocycles. The number of H-pyrrole nitrogens is 1. The molecule has 37 heavy (non-hydrogen) atoms. The van der Waals surface area contributed by atoms with Gasteiger partial charge in [-0.1, -0.05) is 19.1 Å². The van der Waals surface area contributed by atoms with Gasteiger partial charge in [0.25, 0.3) is 5.56 Å². The van der Waals surface area contributed by atoms with E-state index in [0.717, 1.165) is 28.5 Å². The van der Waals surface area contributed by atoms with Crippen molar-refractivity contribution in [1.29, 1.82) is 0 Å². The maximum atomic E-state index is 14.5. The number of fused-ring (bicyclic) bond motifs is 1. The van der Waals surface area contributed by atoms with Crippen molar-refractivity contribution in [3.05, 3.63) is 81.2 Å². The summed E-state index contributed by atoms with van der Waals surface area (Å²) in [6.07, 6.45) is 0.825. The van der Waals surface area contributed by atoms with Gasteiger partial charge in [-0.3, -0.25) is 9.69 Å². The monoisotopic (exact) mass is 503 g/mol. The highest BCUT2D eigenvalue weighted by Crippen LogP contribution is 2.32. The molecule has 1 N–H and O–H groups in total. The average molecular weight is 504 g/mol. The number of tetrazole rings is 1. The average Bonchev–Trinajstić information content (AvgIpc) is 3.37. The molecule has 3 heterocycles.